The largest absolute Gasteiger partial charge is 0.351 e. The number of aryl methyl sites for hydroxylation is 3. The predicted molar refractivity (Wildman–Crippen MR) is 158 cm³/mol. The summed E-state index contributed by atoms with van der Waals surface area (Å²) in [5, 5.41) is 4.11. The topological polar surface area (TPSA) is 79.3 Å². The number of hydrogen-bond acceptors (Lipinski definition) is 4. The van der Waals surface area contributed by atoms with E-state index in [0.717, 1.165) is 45.8 Å². The molecule has 0 radical (unpaired) electrons. The first-order valence-electron chi connectivity index (χ1n) is 12.4. The second kappa shape index (κ2) is 9.89. The maximum absolute atomic E-state index is 11.8. The normalized spacial score (nSPS) is 17.5. The molecule has 1 fully saturated rings. The molecule has 38 heavy (non-hydrogen) atoms. The lowest BCUT2D eigenvalue weighted by Gasteiger charge is -2.29. The molecule has 3 heterocycles. The van der Waals surface area contributed by atoms with Gasteiger partial charge in [0.2, 0.25) is 10.0 Å². The Kier molecular flexibility index (Phi) is 6.75. The number of thiocarbonyl (C=S) groups is 1. The van der Waals surface area contributed by atoms with Crippen molar-refractivity contribution in [2.45, 2.75) is 39.8 Å². The van der Waals surface area contributed by atoms with Gasteiger partial charge in [-0.2, -0.15) is 0 Å². The first-order chi connectivity index (χ1) is 18.0. The first kappa shape index (κ1) is 25.9. The Balaban J connectivity index is 1.66. The molecule has 196 valence electrons. The van der Waals surface area contributed by atoms with Gasteiger partial charge in [-0.15, -0.1) is 0 Å². The summed E-state index contributed by atoms with van der Waals surface area (Å²) >= 11 is 5.91. The fourth-order valence-electron chi connectivity index (χ4n) is 5.33. The van der Waals surface area contributed by atoms with E-state index in [9.17, 15) is 8.42 Å². The number of nitrogens with one attached hydrogen (secondary N) is 2. The summed E-state index contributed by atoms with van der Waals surface area (Å²) in [6.07, 6.45) is 2.95. The molecule has 2 atom stereocenters. The zero-order valence-electron chi connectivity index (χ0n) is 22.1. The molecule has 0 aliphatic carbocycles. The van der Waals surface area contributed by atoms with E-state index < -0.39 is 10.0 Å². The third-order valence-electron chi connectivity index (χ3n) is 7.03. The van der Waals surface area contributed by atoms with Crippen LogP contribution in [0.1, 0.15) is 45.9 Å². The van der Waals surface area contributed by atoms with Crippen LogP contribution in [-0.2, 0) is 10.0 Å². The highest BCUT2D eigenvalue weighted by atomic mass is 32.2. The van der Waals surface area contributed by atoms with E-state index in [1.807, 2.05) is 37.3 Å². The van der Waals surface area contributed by atoms with Crippen molar-refractivity contribution in [3.05, 3.63) is 107 Å². The van der Waals surface area contributed by atoms with Crippen LogP contribution in [0.25, 0.3) is 5.69 Å². The van der Waals surface area contributed by atoms with Crippen LogP contribution in [0.15, 0.2) is 72.9 Å². The molecule has 9 heteroatoms. The van der Waals surface area contributed by atoms with Crippen LogP contribution in [0.3, 0.4) is 0 Å². The van der Waals surface area contributed by atoms with E-state index in [4.69, 9.17) is 12.2 Å². The van der Waals surface area contributed by atoms with E-state index in [1.165, 1.54) is 5.56 Å². The zero-order chi connectivity index (χ0) is 27.2. The van der Waals surface area contributed by atoms with Gasteiger partial charge in [0.1, 0.15) is 0 Å². The highest BCUT2D eigenvalue weighted by Crippen LogP contribution is 2.44. The SMILES string of the molecule is Cc1cc(N2C(=S)NC(c3ccccn3)C2c2cc(C)n(-c3ccccc3C)c2C)ccc1NS(C)(=O)=O. The number of rotatable bonds is 6. The fourth-order valence-corrected chi connectivity index (χ4v) is 6.31. The van der Waals surface area contributed by atoms with Crippen LogP contribution in [0, 0.1) is 27.7 Å². The lowest BCUT2D eigenvalue weighted by Crippen LogP contribution is -2.29. The van der Waals surface area contributed by atoms with Crippen LogP contribution in [-0.4, -0.2) is 29.3 Å². The van der Waals surface area contributed by atoms with Crippen LogP contribution in [0.4, 0.5) is 11.4 Å². The summed E-state index contributed by atoms with van der Waals surface area (Å²) in [5.74, 6) is 0. The Morgan fingerprint density at radius 3 is 2.34 bits per heavy atom. The summed E-state index contributed by atoms with van der Waals surface area (Å²) in [6, 6.07) is 21.8. The third kappa shape index (κ3) is 4.79. The molecule has 1 aliphatic heterocycles. The number of anilines is 2. The van der Waals surface area contributed by atoms with Crippen LogP contribution in [0.5, 0.6) is 0 Å². The Morgan fingerprint density at radius 2 is 1.68 bits per heavy atom. The van der Waals surface area contributed by atoms with E-state index in [1.54, 1.807) is 12.3 Å². The van der Waals surface area contributed by atoms with Gasteiger partial charge in [0.15, 0.2) is 5.11 Å². The van der Waals surface area contributed by atoms with Gasteiger partial charge in [0, 0.05) is 29.0 Å². The van der Waals surface area contributed by atoms with E-state index in [-0.39, 0.29) is 12.1 Å². The predicted octanol–water partition coefficient (Wildman–Crippen LogP) is 5.65. The highest BCUT2D eigenvalue weighted by molar-refractivity contribution is 7.92. The summed E-state index contributed by atoms with van der Waals surface area (Å²) in [5.41, 5.74) is 8.88. The van der Waals surface area contributed by atoms with Crippen molar-refractivity contribution in [2.24, 2.45) is 0 Å². The maximum atomic E-state index is 11.8. The number of benzene rings is 2. The summed E-state index contributed by atoms with van der Waals surface area (Å²) < 4.78 is 28.6. The molecule has 2 aromatic heterocycles. The summed E-state index contributed by atoms with van der Waals surface area (Å²) in [4.78, 5) is 6.79. The van der Waals surface area contributed by atoms with E-state index in [0.29, 0.717) is 10.8 Å². The first-order valence-corrected chi connectivity index (χ1v) is 14.7. The van der Waals surface area contributed by atoms with Gasteiger partial charge in [-0.05, 0) is 99.1 Å². The molecule has 0 spiro atoms. The van der Waals surface area contributed by atoms with Crippen molar-refractivity contribution in [1.82, 2.24) is 14.9 Å². The highest BCUT2D eigenvalue weighted by Gasteiger charge is 2.42. The lowest BCUT2D eigenvalue weighted by atomic mass is 9.96. The average molecular weight is 546 g/mol. The Labute approximate surface area is 229 Å². The van der Waals surface area contributed by atoms with Crippen molar-refractivity contribution < 1.29 is 8.42 Å². The smallest absolute Gasteiger partial charge is 0.229 e. The number of sulfonamides is 1. The van der Waals surface area contributed by atoms with Crippen molar-refractivity contribution >= 4 is 38.7 Å². The number of pyridine rings is 1. The summed E-state index contributed by atoms with van der Waals surface area (Å²) in [6.45, 7) is 8.28. The van der Waals surface area contributed by atoms with E-state index >= 15 is 0 Å². The van der Waals surface area contributed by atoms with Gasteiger partial charge in [-0.3, -0.25) is 9.71 Å². The minimum atomic E-state index is -3.39. The lowest BCUT2D eigenvalue weighted by molar-refractivity contribution is 0.565. The molecule has 2 aromatic carbocycles. The summed E-state index contributed by atoms with van der Waals surface area (Å²) in [7, 11) is -3.39. The van der Waals surface area contributed by atoms with Gasteiger partial charge in [-0.25, -0.2) is 8.42 Å². The molecular formula is C29H31N5O2S2. The Morgan fingerprint density at radius 1 is 0.947 bits per heavy atom. The standard InChI is InChI=1S/C29H31N5O2S2/c1-18-10-6-7-12-26(18)33-20(3)17-23(21(33)4)28-27(25-11-8-9-15-30-25)31-29(37)34(28)22-13-14-24(19(2)16-22)32-38(5,35)36/h6-17,27-28,32H,1-5H3,(H,31,37). The van der Waals surface area contributed by atoms with Crippen LogP contribution >= 0.6 is 12.2 Å². The molecule has 1 aliphatic rings. The number of aromatic nitrogens is 2. The average Bonchev–Trinajstić information content (AvgIpc) is 3.36. The minimum Gasteiger partial charge on any atom is -0.351 e. The van der Waals surface area contributed by atoms with Gasteiger partial charge >= 0.3 is 0 Å². The molecule has 2 unspecified atom stereocenters. The van der Waals surface area contributed by atoms with Crippen LogP contribution in [0.2, 0.25) is 0 Å². The number of hydrogen-bond donors (Lipinski definition) is 2. The molecule has 0 saturated carbocycles. The second-order valence-corrected chi connectivity index (χ2v) is 12.0. The minimum absolute atomic E-state index is 0.172. The van der Waals surface area contributed by atoms with Gasteiger partial charge in [0.25, 0.3) is 0 Å². The van der Waals surface area contributed by atoms with Crippen molar-refractivity contribution in [1.29, 1.82) is 0 Å². The van der Waals surface area contributed by atoms with Gasteiger partial charge < -0.3 is 14.8 Å². The van der Waals surface area contributed by atoms with Gasteiger partial charge in [-0.1, -0.05) is 24.3 Å². The number of nitrogens with zero attached hydrogens (tertiary/aromatic N) is 3. The molecule has 1 saturated heterocycles. The third-order valence-corrected chi connectivity index (χ3v) is 7.93. The zero-order valence-corrected chi connectivity index (χ0v) is 23.7. The number of para-hydroxylation sites is 1. The Hall–Kier alpha value is -3.69. The van der Waals surface area contributed by atoms with Crippen molar-refractivity contribution in [3.63, 3.8) is 0 Å². The Bertz CT molecular complexity index is 1630. The maximum Gasteiger partial charge on any atom is 0.229 e. The molecule has 0 amide bonds. The molecule has 2 N–H and O–H groups in total. The molecular weight excluding hydrogens is 514 g/mol. The molecule has 4 aromatic rings. The van der Waals surface area contributed by atoms with Gasteiger partial charge in [0.05, 0.1) is 29.7 Å². The van der Waals surface area contributed by atoms with Crippen molar-refractivity contribution in [2.75, 3.05) is 15.9 Å². The van der Waals surface area contributed by atoms with Crippen LogP contribution < -0.4 is 14.9 Å². The van der Waals surface area contributed by atoms with Crippen molar-refractivity contribution in [3.8, 4) is 5.69 Å². The second-order valence-electron chi connectivity index (χ2n) is 9.82. The van der Waals surface area contributed by atoms with E-state index in [2.05, 4.69) is 75.6 Å². The molecule has 5 rings (SSSR count). The molecule has 0 bridgehead atoms. The fraction of sp³-hybridized carbons (Fsp3) is 0.241. The quantitative estimate of drug-likeness (QED) is 0.305. The molecule has 7 nitrogen and oxygen atoms in total. The monoisotopic (exact) mass is 545 g/mol.